The Kier molecular flexibility index (Phi) is 4.84. The molecule has 0 atom stereocenters. The summed E-state index contributed by atoms with van der Waals surface area (Å²) in [5.41, 5.74) is 3.48. The lowest BCUT2D eigenvalue weighted by atomic mass is 10.0. The molecule has 0 spiro atoms. The van der Waals surface area contributed by atoms with Crippen LogP contribution >= 0.6 is 0 Å². The van der Waals surface area contributed by atoms with Gasteiger partial charge in [-0.15, -0.1) is 0 Å². The predicted molar refractivity (Wildman–Crippen MR) is 90.8 cm³/mol. The van der Waals surface area contributed by atoms with Crippen LogP contribution in [-0.2, 0) is 6.54 Å². The van der Waals surface area contributed by atoms with Crippen LogP contribution in [0.25, 0.3) is 0 Å². The van der Waals surface area contributed by atoms with Crippen molar-refractivity contribution in [2.75, 3.05) is 24.5 Å². The monoisotopic (exact) mass is 286 g/mol. The average molecular weight is 286 g/mol. The zero-order valence-electron chi connectivity index (χ0n) is 13.5. The number of nitrogens with one attached hydrogen (secondary N) is 1. The number of rotatable bonds is 7. The Morgan fingerprint density at radius 1 is 1.05 bits per heavy atom. The van der Waals surface area contributed by atoms with Gasteiger partial charge in [0.05, 0.1) is 0 Å². The first kappa shape index (κ1) is 14.9. The highest BCUT2D eigenvalue weighted by atomic mass is 15.1. The van der Waals surface area contributed by atoms with Gasteiger partial charge in [-0.25, -0.2) is 0 Å². The van der Waals surface area contributed by atoms with Crippen LogP contribution in [0.1, 0.15) is 57.4 Å². The maximum absolute atomic E-state index is 3.67. The zero-order chi connectivity index (χ0) is 14.5. The van der Waals surface area contributed by atoms with E-state index in [4.69, 9.17) is 0 Å². The fourth-order valence-corrected chi connectivity index (χ4v) is 3.67. The van der Waals surface area contributed by atoms with Crippen molar-refractivity contribution >= 4 is 5.69 Å². The maximum Gasteiger partial charge on any atom is 0.0366 e. The van der Waals surface area contributed by atoms with Gasteiger partial charge in [-0.1, -0.05) is 25.5 Å². The van der Waals surface area contributed by atoms with Crippen molar-refractivity contribution in [3.05, 3.63) is 29.8 Å². The molecule has 2 aliphatic rings. The summed E-state index contributed by atoms with van der Waals surface area (Å²) in [6.45, 7) is 6.99. The quantitative estimate of drug-likeness (QED) is 0.802. The molecule has 3 rings (SSSR count). The second-order valence-corrected chi connectivity index (χ2v) is 7.07. The summed E-state index contributed by atoms with van der Waals surface area (Å²) in [7, 11) is 0. The molecule has 0 unspecified atom stereocenters. The molecule has 2 heteroatoms. The normalized spacial score (nSPS) is 20.5. The lowest BCUT2D eigenvalue weighted by molar-refractivity contribution is 0.421. The Bertz CT molecular complexity index is 427. The van der Waals surface area contributed by atoms with Crippen molar-refractivity contribution in [3.8, 4) is 0 Å². The highest BCUT2D eigenvalue weighted by molar-refractivity contribution is 5.47. The first-order chi connectivity index (χ1) is 10.3. The average Bonchev–Trinajstić information content (AvgIpc) is 3.29. The minimum absolute atomic E-state index is 0.655. The molecular formula is C19H30N2. The Labute approximate surface area is 129 Å². The van der Waals surface area contributed by atoms with Gasteiger partial charge in [0.1, 0.15) is 0 Å². The van der Waals surface area contributed by atoms with Crippen molar-refractivity contribution in [1.82, 2.24) is 5.32 Å². The number of hydrogen-bond acceptors (Lipinski definition) is 2. The van der Waals surface area contributed by atoms with E-state index in [9.17, 15) is 0 Å². The lowest BCUT2D eigenvalue weighted by Gasteiger charge is -2.28. The molecule has 1 heterocycles. The SMILES string of the molecule is CCCC1(CNCc2ccc(N3CCCCC3)cc2)CC1. The number of nitrogens with zero attached hydrogens (tertiary/aromatic N) is 1. The van der Waals surface area contributed by atoms with Crippen molar-refractivity contribution in [2.45, 2.75) is 58.4 Å². The molecular weight excluding hydrogens is 256 g/mol. The van der Waals surface area contributed by atoms with E-state index in [-0.39, 0.29) is 0 Å². The van der Waals surface area contributed by atoms with Gasteiger partial charge >= 0.3 is 0 Å². The van der Waals surface area contributed by atoms with Crippen LogP contribution in [0.5, 0.6) is 0 Å². The molecule has 116 valence electrons. The molecule has 0 aromatic heterocycles. The van der Waals surface area contributed by atoms with Crippen molar-refractivity contribution in [1.29, 1.82) is 0 Å². The second-order valence-electron chi connectivity index (χ2n) is 7.07. The molecule has 0 amide bonds. The van der Waals surface area contributed by atoms with Crippen LogP contribution in [0.2, 0.25) is 0 Å². The summed E-state index contributed by atoms with van der Waals surface area (Å²) in [5.74, 6) is 0. The van der Waals surface area contributed by atoms with Crippen LogP contribution < -0.4 is 10.2 Å². The topological polar surface area (TPSA) is 15.3 Å². The molecule has 0 radical (unpaired) electrons. The number of benzene rings is 1. The first-order valence-electron chi connectivity index (χ1n) is 8.86. The lowest BCUT2D eigenvalue weighted by Crippen LogP contribution is -2.29. The molecule has 2 fully saturated rings. The van der Waals surface area contributed by atoms with Crippen LogP contribution in [0.3, 0.4) is 0 Å². The molecule has 1 aliphatic heterocycles. The summed E-state index contributed by atoms with van der Waals surface area (Å²) < 4.78 is 0. The van der Waals surface area contributed by atoms with E-state index in [1.165, 1.54) is 75.8 Å². The first-order valence-corrected chi connectivity index (χ1v) is 8.86. The van der Waals surface area contributed by atoms with Crippen LogP contribution in [0, 0.1) is 5.41 Å². The third kappa shape index (κ3) is 4.00. The minimum atomic E-state index is 0.655. The summed E-state index contributed by atoms with van der Waals surface area (Å²) in [6, 6.07) is 9.22. The standard InChI is InChI=1S/C19H30N2/c1-2-10-19(11-12-19)16-20-15-17-6-8-18(9-7-17)21-13-4-3-5-14-21/h6-9,20H,2-5,10-16H2,1H3. The summed E-state index contributed by atoms with van der Waals surface area (Å²) >= 11 is 0. The molecule has 0 bridgehead atoms. The van der Waals surface area contributed by atoms with Gasteiger partial charge in [-0.2, -0.15) is 0 Å². The molecule has 1 aromatic carbocycles. The van der Waals surface area contributed by atoms with E-state index < -0.39 is 0 Å². The highest BCUT2D eigenvalue weighted by Gasteiger charge is 2.40. The van der Waals surface area contributed by atoms with Gasteiger partial charge in [-0.05, 0) is 61.6 Å². The fourth-order valence-electron chi connectivity index (χ4n) is 3.67. The number of piperidine rings is 1. The maximum atomic E-state index is 3.67. The summed E-state index contributed by atoms with van der Waals surface area (Å²) in [5, 5.41) is 3.67. The van der Waals surface area contributed by atoms with E-state index in [1.807, 2.05) is 0 Å². The van der Waals surface area contributed by atoms with E-state index in [0.29, 0.717) is 5.41 Å². The molecule has 1 saturated heterocycles. The molecule has 2 nitrogen and oxygen atoms in total. The van der Waals surface area contributed by atoms with Crippen molar-refractivity contribution in [2.24, 2.45) is 5.41 Å². The molecule has 1 aromatic rings. The number of anilines is 1. The van der Waals surface area contributed by atoms with Gasteiger partial charge < -0.3 is 10.2 Å². The Morgan fingerprint density at radius 3 is 2.38 bits per heavy atom. The predicted octanol–water partition coefficient (Wildman–Crippen LogP) is 4.35. The van der Waals surface area contributed by atoms with Crippen LogP contribution in [-0.4, -0.2) is 19.6 Å². The van der Waals surface area contributed by atoms with Gasteiger partial charge in [-0.3, -0.25) is 0 Å². The Balaban J connectivity index is 1.46. The molecule has 1 saturated carbocycles. The van der Waals surface area contributed by atoms with E-state index in [1.54, 1.807) is 0 Å². The fraction of sp³-hybridized carbons (Fsp3) is 0.684. The third-order valence-electron chi connectivity index (χ3n) is 5.22. The molecule has 1 N–H and O–H groups in total. The third-order valence-corrected chi connectivity index (χ3v) is 5.22. The second kappa shape index (κ2) is 6.83. The smallest absolute Gasteiger partial charge is 0.0366 e. The van der Waals surface area contributed by atoms with E-state index >= 15 is 0 Å². The Hall–Kier alpha value is -1.02. The highest BCUT2D eigenvalue weighted by Crippen LogP contribution is 2.48. The van der Waals surface area contributed by atoms with Crippen molar-refractivity contribution < 1.29 is 0 Å². The Morgan fingerprint density at radius 2 is 1.76 bits per heavy atom. The number of hydrogen-bond donors (Lipinski definition) is 1. The minimum Gasteiger partial charge on any atom is -0.372 e. The van der Waals surface area contributed by atoms with Gasteiger partial charge in [0.25, 0.3) is 0 Å². The van der Waals surface area contributed by atoms with Gasteiger partial charge in [0, 0.05) is 31.9 Å². The molecule has 21 heavy (non-hydrogen) atoms. The van der Waals surface area contributed by atoms with Crippen LogP contribution in [0.15, 0.2) is 24.3 Å². The summed E-state index contributed by atoms with van der Waals surface area (Å²) in [4.78, 5) is 2.53. The van der Waals surface area contributed by atoms with Crippen LogP contribution in [0.4, 0.5) is 5.69 Å². The largest absolute Gasteiger partial charge is 0.372 e. The van der Waals surface area contributed by atoms with Gasteiger partial charge in [0.2, 0.25) is 0 Å². The molecule has 1 aliphatic carbocycles. The van der Waals surface area contributed by atoms with E-state index in [2.05, 4.69) is 41.4 Å². The zero-order valence-corrected chi connectivity index (χ0v) is 13.5. The summed E-state index contributed by atoms with van der Waals surface area (Å²) in [6.07, 6.45) is 9.69. The van der Waals surface area contributed by atoms with Crippen molar-refractivity contribution in [3.63, 3.8) is 0 Å². The van der Waals surface area contributed by atoms with E-state index in [0.717, 1.165) is 6.54 Å². The van der Waals surface area contributed by atoms with Gasteiger partial charge in [0.15, 0.2) is 0 Å².